The van der Waals surface area contributed by atoms with Crippen LogP contribution in [0.25, 0.3) is 0 Å². The van der Waals surface area contributed by atoms with Gasteiger partial charge in [-0.1, -0.05) is 78.9 Å². The van der Waals surface area contributed by atoms with Crippen molar-refractivity contribution >= 4 is 80.5 Å². The molecule has 9 heteroatoms. The average Bonchev–Trinajstić information content (AvgIpc) is 2.88. The molecule has 3 rings (SSSR count). The second-order valence-corrected chi connectivity index (χ2v) is 17.9. The summed E-state index contributed by atoms with van der Waals surface area (Å²) in [5.74, 6) is 0. The Balaban J connectivity index is 0.00000149. The molecule has 0 radical (unpaired) electrons. The predicted octanol–water partition coefficient (Wildman–Crippen LogP) is 11.1. The summed E-state index contributed by atoms with van der Waals surface area (Å²) in [7, 11) is 4.61. The molecular formula is C31H40Br2ClCoN3PPd+. The van der Waals surface area contributed by atoms with E-state index >= 15 is 0 Å². The van der Waals surface area contributed by atoms with E-state index in [-0.39, 0.29) is 7.92 Å². The zero-order chi connectivity index (χ0) is 30.8. The topological polar surface area (TPSA) is 37.1 Å². The van der Waals surface area contributed by atoms with Gasteiger partial charge >= 0.3 is 67.2 Å². The molecule has 0 aliphatic heterocycles. The van der Waals surface area contributed by atoms with Gasteiger partial charge in [-0.2, -0.15) is 0 Å². The summed E-state index contributed by atoms with van der Waals surface area (Å²) in [6, 6.07) is 18.6. The molecule has 0 spiro atoms. The van der Waals surface area contributed by atoms with Crippen molar-refractivity contribution in [1.82, 2.24) is 0 Å². The summed E-state index contributed by atoms with van der Waals surface area (Å²) in [6.07, 6.45) is 3.22. The average molecular weight is 846 g/mol. The molecule has 0 heterocycles. The summed E-state index contributed by atoms with van der Waals surface area (Å²) in [4.78, 5) is 14.6. The molecule has 0 unspecified atom stereocenters. The predicted molar refractivity (Wildman–Crippen MR) is 185 cm³/mol. The van der Waals surface area contributed by atoms with Gasteiger partial charge in [0.05, 0.1) is 11.4 Å². The van der Waals surface area contributed by atoms with Crippen LogP contribution < -0.4 is 0 Å². The Kier molecular flexibility index (Phi) is 21.8. The van der Waals surface area contributed by atoms with Crippen LogP contribution in [-0.2, 0) is 29.3 Å². The standard InChI is InChI=1S/C28H30N3.C3H9P.2BrH.ClH.Co.Pd/c1-18-11-8-12-19(2)26(18)29-17-25(31-28-22(5)15-10-16-23(28)6)24(7)30-27-20(3)13-9-14-21(27)4;1-4(2)3;;;;;/h8-16H,1-7H3;1-3H3;3*1H;;/q-1;;;;;2*+2/p-2. The number of hydrogen-bond donors (Lipinski definition) is 0. The summed E-state index contributed by atoms with van der Waals surface area (Å²) in [5, 5.41) is 0. The van der Waals surface area contributed by atoms with Crippen LogP contribution >= 0.6 is 45.8 Å². The summed E-state index contributed by atoms with van der Waals surface area (Å²) in [6.45, 7) is 21.2. The Bertz CT molecular complexity index is 1230. The summed E-state index contributed by atoms with van der Waals surface area (Å²) in [5.41, 5.74) is 11.0. The van der Waals surface area contributed by atoms with Gasteiger partial charge in [-0.3, -0.25) is 4.99 Å². The quantitative estimate of drug-likeness (QED) is 0.106. The maximum atomic E-state index is 4.97. The molecule has 223 valence electrons. The van der Waals surface area contributed by atoms with Crippen molar-refractivity contribution in [2.45, 2.75) is 48.5 Å². The Morgan fingerprint density at radius 1 is 0.675 bits per heavy atom. The van der Waals surface area contributed by atoms with Crippen LogP contribution in [0.3, 0.4) is 0 Å². The molecular weight excluding hydrogens is 806 g/mol. The van der Waals surface area contributed by atoms with Crippen LogP contribution in [0.4, 0.5) is 17.1 Å². The van der Waals surface area contributed by atoms with Gasteiger partial charge in [0.15, 0.2) is 0 Å². The maximum absolute atomic E-state index is 4.97. The molecule has 0 amide bonds. The van der Waals surface area contributed by atoms with E-state index in [4.69, 9.17) is 15.0 Å². The number of halogens is 3. The number of benzene rings is 3. The van der Waals surface area contributed by atoms with E-state index in [2.05, 4.69) is 172 Å². The van der Waals surface area contributed by atoms with E-state index in [9.17, 15) is 0 Å². The van der Waals surface area contributed by atoms with E-state index in [1.165, 1.54) is 0 Å². The van der Waals surface area contributed by atoms with Crippen LogP contribution in [0, 0.1) is 41.5 Å². The summed E-state index contributed by atoms with van der Waals surface area (Å²) >= 11 is 9.35. The first-order chi connectivity index (χ1) is 18.9. The SMILES string of the molecule is CC(=Nc1c(C)cccc1C)C([C-]=Nc1c(C)cccc1C)=Nc1c(C)cccc1C.C[PH+](C)C.[Br][Co][Br].[Cl][Pd+]. The fourth-order valence-corrected chi connectivity index (χ4v) is 3.57. The molecule has 0 aliphatic rings. The van der Waals surface area contributed by atoms with Crippen molar-refractivity contribution in [2.75, 3.05) is 20.0 Å². The van der Waals surface area contributed by atoms with Gasteiger partial charge < -0.3 is 9.98 Å². The minimum atomic E-state index is 0.120. The molecule has 3 nitrogen and oxygen atoms in total. The second-order valence-electron chi connectivity index (χ2n) is 9.65. The number of aryl methyl sites for hydroxylation is 6. The third-order valence-corrected chi connectivity index (χ3v) is 5.44. The van der Waals surface area contributed by atoms with E-state index in [0.717, 1.165) is 67.3 Å². The van der Waals surface area contributed by atoms with E-state index in [0.29, 0.717) is 5.71 Å². The van der Waals surface area contributed by atoms with Crippen LogP contribution in [-0.4, -0.2) is 37.6 Å². The van der Waals surface area contributed by atoms with Crippen LogP contribution in [0.2, 0.25) is 0 Å². The molecule has 0 bridgehead atoms. The van der Waals surface area contributed by atoms with Gasteiger partial charge in [-0.15, -0.1) is 0 Å². The number of para-hydroxylation sites is 3. The first-order valence-electron chi connectivity index (χ1n) is 12.4. The monoisotopic (exact) mass is 843 g/mol. The Labute approximate surface area is 278 Å². The van der Waals surface area contributed by atoms with E-state index < -0.39 is 0 Å². The molecule has 0 atom stereocenters. The van der Waals surface area contributed by atoms with Crippen molar-refractivity contribution < 1.29 is 29.3 Å². The van der Waals surface area contributed by atoms with Crippen molar-refractivity contribution in [3.05, 3.63) is 88.0 Å². The van der Waals surface area contributed by atoms with Crippen molar-refractivity contribution in [1.29, 1.82) is 0 Å². The molecule has 3 aromatic carbocycles. The molecule has 0 aromatic heterocycles. The van der Waals surface area contributed by atoms with Crippen LogP contribution in [0.15, 0.2) is 69.6 Å². The molecule has 40 heavy (non-hydrogen) atoms. The minimum absolute atomic E-state index is 0.120. The molecule has 0 saturated carbocycles. The normalized spacial score (nSPS) is 11.4. The van der Waals surface area contributed by atoms with Crippen molar-refractivity contribution in [2.24, 2.45) is 15.0 Å². The first kappa shape index (κ1) is 39.5. The van der Waals surface area contributed by atoms with Gasteiger partial charge in [-0.05, 0) is 88.8 Å². The fourth-order valence-electron chi connectivity index (χ4n) is 3.57. The fraction of sp³-hybridized carbons (Fsp3) is 0.323. The van der Waals surface area contributed by atoms with E-state index in [1.54, 1.807) is 0 Å². The first-order valence-corrected chi connectivity index (χ1v) is 22.6. The van der Waals surface area contributed by atoms with Gasteiger partial charge in [0.1, 0.15) is 0 Å². The second kappa shape index (κ2) is 22.1. The zero-order valence-corrected chi connectivity index (χ0v) is 32.3. The van der Waals surface area contributed by atoms with Gasteiger partial charge in [0.25, 0.3) is 0 Å². The van der Waals surface area contributed by atoms with Crippen LogP contribution in [0.1, 0.15) is 40.3 Å². The summed E-state index contributed by atoms with van der Waals surface area (Å²) < 4.78 is 0. The number of hydrogen-bond acceptors (Lipinski definition) is 3. The van der Waals surface area contributed by atoms with Gasteiger partial charge in [0.2, 0.25) is 0 Å². The van der Waals surface area contributed by atoms with Crippen molar-refractivity contribution in [3.63, 3.8) is 0 Å². The number of rotatable bonds is 5. The van der Waals surface area contributed by atoms with Gasteiger partial charge in [-0.25, -0.2) is 0 Å². The Hall–Kier alpha value is -0.481. The van der Waals surface area contributed by atoms with E-state index in [1.807, 2.05) is 13.0 Å². The molecule has 3 aromatic rings. The Morgan fingerprint density at radius 2 is 0.950 bits per heavy atom. The number of aliphatic imine (C=N–C) groups is 3. The molecule has 0 fully saturated rings. The van der Waals surface area contributed by atoms with Crippen LogP contribution in [0.5, 0.6) is 0 Å². The molecule has 0 N–H and O–H groups in total. The zero-order valence-electron chi connectivity index (χ0n) is 24.8. The third kappa shape index (κ3) is 14.6. The number of nitrogens with zero attached hydrogens (tertiary/aromatic N) is 3. The Morgan fingerprint density at radius 3 is 1.27 bits per heavy atom. The third-order valence-electron chi connectivity index (χ3n) is 5.44. The van der Waals surface area contributed by atoms with Crippen molar-refractivity contribution in [3.8, 4) is 0 Å². The molecule has 0 aliphatic carbocycles. The van der Waals surface area contributed by atoms with Gasteiger partial charge in [0, 0.05) is 20.0 Å². The molecule has 0 saturated heterocycles.